The zero-order valence-corrected chi connectivity index (χ0v) is 16.2. The molecule has 1 N–H and O–H groups in total. The second-order valence-corrected chi connectivity index (χ2v) is 8.62. The predicted molar refractivity (Wildman–Crippen MR) is 102 cm³/mol. The maximum atomic E-state index is 6.00. The molecule has 0 radical (unpaired) electrons. The van der Waals surface area contributed by atoms with Crippen LogP contribution in [0.25, 0.3) is 0 Å². The number of hydrogen-bond acceptors (Lipinski definition) is 3. The predicted octanol–water partition coefficient (Wildman–Crippen LogP) is 2.33. The average molecular weight is 349 g/mol. The van der Waals surface area contributed by atoms with Gasteiger partial charge in [-0.25, -0.2) is 0 Å². The average Bonchev–Trinajstić information content (AvgIpc) is 3.21. The van der Waals surface area contributed by atoms with E-state index in [1.165, 1.54) is 64.7 Å². The van der Waals surface area contributed by atoms with Gasteiger partial charge in [0.1, 0.15) is 0 Å². The Hall–Kier alpha value is -0.810. The van der Waals surface area contributed by atoms with E-state index in [2.05, 4.69) is 27.0 Å². The van der Waals surface area contributed by atoms with Crippen LogP contribution in [0.2, 0.25) is 0 Å². The highest BCUT2D eigenvalue weighted by molar-refractivity contribution is 5.80. The van der Waals surface area contributed by atoms with Crippen molar-refractivity contribution in [3.63, 3.8) is 0 Å². The minimum absolute atomic E-state index is 0.403. The van der Waals surface area contributed by atoms with Crippen LogP contribution in [0.5, 0.6) is 0 Å². The van der Waals surface area contributed by atoms with Gasteiger partial charge in [-0.15, -0.1) is 0 Å². The summed E-state index contributed by atoms with van der Waals surface area (Å²) in [5.74, 6) is 1.95. The molecule has 2 saturated carbocycles. The zero-order chi connectivity index (χ0) is 17.3. The fourth-order valence-corrected chi connectivity index (χ4v) is 5.60. The Morgan fingerprint density at radius 3 is 2.64 bits per heavy atom. The van der Waals surface area contributed by atoms with Crippen LogP contribution in [0, 0.1) is 11.3 Å². The van der Waals surface area contributed by atoms with Crippen molar-refractivity contribution in [3.8, 4) is 0 Å². The highest BCUT2D eigenvalue weighted by Crippen LogP contribution is 2.57. The van der Waals surface area contributed by atoms with Crippen LogP contribution in [0.4, 0.5) is 0 Å². The van der Waals surface area contributed by atoms with Crippen molar-refractivity contribution in [1.29, 1.82) is 0 Å². The maximum absolute atomic E-state index is 6.00. The Balaban J connectivity index is 1.30. The third-order valence-corrected chi connectivity index (χ3v) is 7.25. The van der Waals surface area contributed by atoms with Crippen molar-refractivity contribution < 1.29 is 4.74 Å². The third kappa shape index (κ3) is 3.30. The van der Waals surface area contributed by atoms with E-state index < -0.39 is 0 Å². The van der Waals surface area contributed by atoms with E-state index in [9.17, 15) is 0 Å². The maximum Gasteiger partial charge on any atom is 0.193 e. The summed E-state index contributed by atoms with van der Waals surface area (Å²) < 4.78 is 6.00. The molecule has 0 aromatic rings. The lowest BCUT2D eigenvalue weighted by Crippen LogP contribution is -2.68. The Morgan fingerprint density at radius 2 is 2.00 bits per heavy atom. The number of aliphatic imine (C=N–C) groups is 1. The van der Waals surface area contributed by atoms with E-state index in [0.717, 1.165) is 31.4 Å². The Bertz CT molecular complexity index is 484. The molecule has 3 unspecified atom stereocenters. The van der Waals surface area contributed by atoms with Crippen molar-refractivity contribution in [1.82, 2.24) is 15.1 Å². The van der Waals surface area contributed by atoms with Crippen LogP contribution in [0.15, 0.2) is 4.99 Å². The lowest BCUT2D eigenvalue weighted by molar-refractivity contribution is -0.168. The van der Waals surface area contributed by atoms with E-state index in [4.69, 9.17) is 4.74 Å². The molecule has 25 heavy (non-hydrogen) atoms. The zero-order valence-electron chi connectivity index (χ0n) is 16.2. The van der Waals surface area contributed by atoms with E-state index in [1.807, 2.05) is 7.05 Å². The van der Waals surface area contributed by atoms with Gasteiger partial charge in [0.15, 0.2) is 5.96 Å². The van der Waals surface area contributed by atoms with E-state index >= 15 is 0 Å². The molecule has 5 nitrogen and oxygen atoms in total. The Labute approximate surface area is 153 Å². The fourth-order valence-electron chi connectivity index (χ4n) is 5.60. The molecule has 2 saturated heterocycles. The summed E-state index contributed by atoms with van der Waals surface area (Å²) in [5.41, 5.74) is 0.403. The molecule has 0 aromatic carbocycles. The van der Waals surface area contributed by atoms with Crippen LogP contribution in [-0.2, 0) is 4.74 Å². The molecule has 0 aromatic heterocycles. The highest BCUT2D eigenvalue weighted by atomic mass is 16.5. The molecule has 3 atom stereocenters. The molecule has 2 aliphatic heterocycles. The first-order valence-electron chi connectivity index (χ1n) is 10.6. The molecule has 1 spiro atoms. The van der Waals surface area contributed by atoms with Crippen molar-refractivity contribution >= 4 is 5.96 Å². The number of likely N-dealkylation sites (tertiary alicyclic amines) is 2. The van der Waals surface area contributed by atoms with Crippen LogP contribution in [0.3, 0.4) is 0 Å². The van der Waals surface area contributed by atoms with Gasteiger partial charge in [0.2, 0.25) is 0 Å². The van der Waals surface area contributed by atoms with Crippen molar-refractivity contribution in [3.05, 3.63) is 0 Å². The summed E-state index contributed by atoms with van der Waals surface area (Å²) in [6, 6.07) is 0.564. The summed E-state index contributed by atoms with van der Waals surface area (Å²) in [4.78, 5) is 9.79. The summed E-state index contributed by atoms with van der Waals surface area (Å²) in [7, 11) is 1.95. The normalized spacial score (nSPS) is 35.0. The molecule has 5 heteroatoms. The second-order valence-electron chi connectivity index (χ2n) is 8.62. The molecule has 2 aliphatic carbocycles. The van der Waals surface area contributed by atoms with Crippen LogP contribution in [0.1, 0.15) is 51.9 Å². The number of hydrogen-bond donors (Lipinski definition) is 1. The van der Waals surface area contributed by atoms with Gasteiger partial charge in [-0.3, -0.25) is 4.99 Å². The first-order valence-corrected chi connectivity index (χ1v) is 10.6. The van der Waals surface area contributed by atoms with Crippen LogP contribution < -0.4 is 5.32 Å². The van der Waals surface area contributed by atoms with E-state index in [0.29, 0.717) is 17.6 Å². The molecule has 142 valence electrons. The van der Waals surface area contributed by atoms with Gasteiger partial charge < -0.3 is 19.9 Å². The van der Waals surface area contributed by atoms with Crippen molar-refractivity contribution in [2.75, 3.05) is 46.4 Å². The quantitative estimate of drug-likeness (QED) is 0.611. The molecule has 0 amide bonds. The minimum atomic E-state index is 0.403. The summed E-state index contributed by atoms with van der Waals surface area (Å²) in [6.45, 7) is 9.21. The van der Waals surface area contributed by atoms with Crippen LogP contribution >= 0.6 is 0 Å². The molecular formula is C20H36N4O. The molecule has 4 fully saturated rings. The number of nitrogens with one attached hydrogen (secondary N) is 1. The molecule has 2 heterocycles. The number of nitrogens with zero attached hydrogens (tertiary/aromatic N) is 3. The van der Waals surface area contributed by atoms with Gasteiger partial charge in [0.05, 0.1) is 6.10 Å². The van der Waals surface area contributed by atoms with Gasteiger partial charge >= 0.3 is 0 Å². The van der Waals surface area contributed by atoms with Crippen molar-refractivity contribution in [2.24, 2.45) is 16.3 Å². The van der Waals surface area contributed by atoms with Crippen LogP contribution in [-0.4, -0.2) is 74.3 Å². The first kappa shape index (κ1) is 17.6. The summed E-state index contributed by atoms with van der Waals surface area (Å²) >= 11 is 0. The number of rotatable bonds is 5. The summed E-state index contributed by atoms with van der Waals surface area (Å²) in [6.07, 6.45) is 9.74. The van der Waals surface area contributed by atoms with Crippen molar-refractivity contribution in [2.45, 2.75) is 64.0 Å². The molecular weight excluding hydrogens is 312 g/mol. The molecule has 4 aliphatic rings. The Morgan fingerprint density at radius 1 is 1.20 bits per heavy atom. The number of ether oxygens (including phenoxy) is 1. The monoisotopic (exact) mass is 348 g/mol. The minimum Gasteiger partial charge on any atom is -0.378 e. The SMILES string of the molecule is CCOC1CC(NC(=NC)N2CCC(CN3CCCC3)C2)C12CCC2. The third-order valence-electron chi connectivity index (χ3n) is 7.25. The standard InChI is InChI=1S/C20H36N4O/c1-3-25-18-13-17(20(18)8-6-9-20)22-19(21-2)24-12-7-16(15-24)14-23-10-4-5-11-23/h16-18H,3-15H2,1-2H3,(H,21,22). The fraction of sp³-hybridized carbons (Fsp3) is 0.950. The lowest BCUT2D eigenvalue weighted by atomic mass is 9.51. The van der Waals surface area contributed by atoms with Gasteiger partial charge in [0.25, 0.3) is 0 Å². The van der Waals surface area contributed by atoms with Gasteiger partial charge in [-0.2, -0.15) is 0 Å². The lowest BCUT2D eigenvalue weighted by Gasteiger charge is -2.61. The summed E-state index contributed by atoms with van der Waals surface area (Å²) in [5, 5.41) is 3.82. The highest BCUT2D eigenvalue weighted by Gasteiger charge is 2.59. The smallest absolute Gasteiger partial charge is 0.193 e. The molecule has 0 bridgehead atoms. The van der Waals surface area contributed by atoms with Gasteiger partial charge in [-0.05, 0) is 64.5 Å². The second kappa shape index (κ2) is 7.43. The Kier molecular flexibility index (Phi) is 5.23. The topological polar surface area (TPSA) is 40.1 Å². The van der Waals surface area contributed by atoms with E-state index in [1.54, 1.807) is 0 Å². The molecule has 4 rings (SSSR count). The van der Waals surface area contributed by atoms with Gasteiger partial charge in [-0.1, -0.05) is 6.42 Å². The van der Waals surface area contributed by atoms with Gasteiger partial charge in [0, 0.05) is 44.7 Å². The van der Waals surface area contributed by atoms with E-state index in [-0.39, 0.29) is 0 Å². The number of guanidine groups is 1. The first-order chi connectivity index (χ1) is 12.2. The largest absolute Gasteiger partial charge is 0.378 e.